The normalized spacial score (nSPS) is 10.9. The molecule has 0 aromatic carbocycles. The Morgan fingerprint density at radius 1 is 1.44 bits per heavy atom. The van der Waals surface area contributed by atoms with Gasteiger partial charge >= 0.3 is 5.69 Å². The van der Waals surface area contributed by atoms with Gasteiger partial charge in [0.05, 0.1) is 17.9 Å². The third kappa shape index (κ3) is 2.43. The minimum absolute atomic E-state index is 0.0297. The molecule has 2 heterocycles. The first-order valence-electron chi connectivity index (χ1n) is 5.80. The predicted octanol–water partition coefficient (Wildman–Crippen LogP) is 0.960. The van der Waals surface area contributed by atoms with E-state index in [0.717, 1.165) is 11.4 Å². The lowest BCUT2D eigenvalue weighted by Crippen LogP contribution is -2.25. The Morgan fingerprint density at radius 3 is 2.83 bits per heavy atom. The molecule has 2 rings (SSSR count). The molecule has 6 heteroatoms. The molecule has 0 aliphatic heterocycles. The van der Waals surface area contributed by atoms with Crippen LogP contribution in [0.3, 0.4) is 0 Å². The van der Waals surface area contributed by atoms with Crippen LogP contribution >= 0.6 is 0 Å². The van der Waals surface area contributed by atoms with E-state index in [4.69, 9.17) is 5.84 Å². The number of nitrogens with zero attached hydrogens (tertiary/aromatic N) is 3. The highest BCUT2D eigenvalue weighted by atomic mass is 16.1. The van der Waals surface area contributed by atoms with Crippen LogP contribution in [0.2, 0.25) is 0 Å². The van der Waals surface area contributed by atoms with Gasteiger partial charge in [-0.15, -0.1) is 0 Å². The van der Waals surface area contributed by atoms with Crippen LogP contribution < -0.4 is 17.0 Å². The number of rotatable bonds is 4. The van der Waals surface area contributed by atoms with Crippen molar-refractivity contribution in [3.05, 3.63) is 46.9 Å². The molecule has 0 saturated heterocycles. The Balaban J connectivity index is 2.26. The first-order chi connectivity index (χ1) is 8.61. The van der Waals surface area contributed by atoms with Gasteiger partial charge in [-0.25, -0.2) is 4.79 Å². The monoisotopic (exact) mass is 247 g/mol. The van der Waals surface area contributed by atoms with Gasteiger partial charge in [-0.05, 0) is 26.0 Å². The third-order valence-electron chi connectivity index (χ3n) is 2.75. The summed E-state index contributed by atoms with van der Waals surface area (Å²) in [5.74, 6) is 5.34. The lowest BCUT2D eigenvalue weighted by Gasteiger charge is -2.06. The van der Waals surface area contributed by atoms with Gasteiger partial charge in [0.25, 0.3) is 0 Å². The number of anilines is 1. The van der Waals surface area contributed by atoms with E-state index in [1.54, 1.807) is 33.8 Å². The molecule has 18 heavy (non-hydrogen) atoms. The molecule has 0 unspecified atom stereocenters. The van der Waals surface area contributed by atoms with Crippen molar-refractivity contribution in [3.63, 3.8) is 0 Å². The van der Waals surface area contributed by atoms with Crippen molar-refractivity contribution in [2.75, 3.05) is 5.43 Å². The minimum atomic E-state index is -0.0297. The second kappa shape index (κ2) is 5.05. The van der Waals surface area contributed by atoms with Gasteiger partial charge < -0.3 is 5.43 Å². The highest BCUT2D eigenvalue weighted by molar-refractivity contribution is 5.41. The van der Waals surface area contributed by atoms with E-state index < -0.39 is 0 Å². The SMILES string of the molecule is CC(C)n1ccn(Cc2cc(NN)ccn2)c1=O. The number of nitrogens with one attached hydrogen (secondary N) is 1. The fourth-order valence-corrected chi connectivity index (χ4v) is 1.77. The van der Waals surface area contributed by atoms with Crippen LogP contribution in [0.1, 0.15) is 25.6 Å². The average Bonchev–Trinajstić information content (AvgIpc) is 2.71. The zero-order valence-corrected chi connectivity index (χ0v) is 10.5. The second-order valence-corrected chi connectivity index (χ2v) is 4.39. The van der Waals surface area contributed by atoms with Crippen LogP contribution in [-0.4, -0.2) is 14.1 Å². The summed E-state index contributed by atoms with van der Waals surface area (Å²) in [7, 11) is 0. The van der Waals surface area contributed by atoms with Crippen LogP contribution in [0.5, 0.6) is 0 Å². The third-order valence-corrected chi connectivity index (χ3v) is 2.75. The van der Waals surface area contributed by atoms with E-state index in [2.05, 4.69) is 10.4 Å². The van der Waals surface area contributed by atoms with Gasteiger partial charge in [0.2, 0.25) is 0 Å². The quantitative estimate of drug-likeness (QED) is 0.623. The first kappa shape index (κ1) is 12.4. The van der Waals surface area contributed by atoms with Gasteiger partial charge in [-0.3, -0.25) is 20.0 Å². The molecule has 6 nitrogen and oxygen atoms in total. The number of hydrazine groups is 1. The summed E-state index contributed by atoms with van der Waals surface area (Å²) in [6.07, 6.45) is 5.22. The Morgan fingerprint density at radius 2 is 2.22 bits per heavy atom. The Bertz CT molecular complexity index is 584. The zero-order chi connectivity index (χ0) is 13.1. The standard InChI is InChI=1S/C12H17N5O/c1-9(2)17-6-5-16(12(17)18)8-11-7-10(15-13)3-4-14-11/h3-7,9H,8,13H2,1-2H3,(H,14,15). The molecular weight excluding hydrogens is 230 g/mol. The highest BCUT2D eigenvalue weighted by Crippen LogP contribution is 2.07. The van der Waals surface area contributed by atoms with E-state index >= 15 is 0 Å². The van der Waals surface area contributed by atoms with Gasteiger partial charge in [-0.1, -0.05) is 0 Å². The van der Waals surface area contributed by atoms with E-state index in [9.17, 15) is 4.79 Å². The lowest BCUT2D eigenvalue weighted by atomic mass is 10.3. The molecule has 0 fully saturated rings. The van der Waals surface area contributed by atoms with Crippen molar-refractivity contribution in [1.82, 2.24) is 14.1 Å². The van der Waals surface area contributed by atoms with E-state index in [0.29, 0.717) is 6.54 Å². The molecule has 0 aliphatic rings. The average molecular weight is 247 g/mol. The van der Waals surface area contributed by atoms with Crippen molar-refractivity contribution >= 4 is 5.69 Å². The lowest BCUT2D eigenvalue weighted by molar-refractivity contribution is 0.560. The highest BCUT2D eigenvalue weighted by Gasteiger charge is 2.07. The fraction of sp³-hybridized carbons (Fsp3) is 0.333. The zero-order valence-electron chi connectivity index (χ0n) is 10.5. The first-order valence-corrected chi connectivity index (χ1v) is 5.80. The summed E-state index contributed by atoms with van der Waals surface area (Å²) in [5.41, 5.74) is 4.09. The Kier molecular flexibility index (Phi) is 3.47. The molecule has 0 aliphatic carbocycles. The van der Waals surface area contributed by atoms with E-state index in [1.165, 1.54) is 0 Å². The number of pyridine rings is 1. The number of nitrogens with two attached hydrogens (primary N) is 1. The summed E-state index contributed by atoms with van der Waals surface area (Å²) in [6.45, 7) is 4.39. The molecule has 0 bridgehead atoms. The molecule has 0 spiro atoms. The predicted molar refractivity (Wildman–Crippen MR) is 70.2 cm³/mol. The summed E-state index contributed by atoms with van der Waals surface area (Å²) < 4.78 is 3.31. The summed E-state index contributed by atoms with van der Waals surface area (Å²) in [6, 6.07) is 3.74. The van der Waals surface area contributed by atoms with Crippen molar-refractivity contribution in [1.29, 1.82) is 0 Å². The maximum atomic E-state index is 12.0. The number of imidazole rings is 1. The minimum Gasteiger partial charge on any atom is -0.324 e. The van der Waals surface area contributed by atoms with Crippen molar-refractivity contribution < 1.29 is 0 Å². The fourth-order valence-electron chi connectivity index (χ4n) is 1.77. The van der Waals surface area contributed by atoms with Crippen LogP contribution in [0.25, 0.3) is 0 Å². The number of aromatic nitrogens is 3. The summed E-state index contributed by atoms with van der Waals surface area (Å²) in [4.78, 5) is 16.2. The van der Waals surface area contributed by atoms with E-state index in [1.807, 2.05) is 19.9 Å². The number of hydrogen-bond acceptors (Lipinski definition) is 4. The van der Waals surface area contributed by atoms with Crippen molar-refractivity contribution in [2.24, 2.45) is 5.84 Å². The van der Waals surface area contributed by atoms with Gasteiger partial charge in [0, 0.05) is 24.6 Å². The van der Waals surface area contributed by atoms with Crippen molar-refractivity contribution in [2.45, 2.75) is 26.4 Å². The molecule has 96 valence electrons. The largest absolute Gasteiger partial charge is 0.328 e. The smallest absolute Gasteiger partial charge is 0.324 e. The summed E-state index contributed by atoms with van der Waals surface area (Å²) in [5, 5.41) is 0. The molecule has 3 N–H and O–H groups in total. The maximum absolute atomic E-state index is 12.0. The van der Waals surface area contributed by atoms with Gasteiger partial charge in [0.1, 0.15) is 0 Å². The molecular formula is C12H17N5O. The second-order valence-electron chi connectivity index (χ2n) is 4.39. The Hall–Kier alpha value is -2.08. The van der Waals surface area contributed by atoms with Crippen LogP contribution in [0.4, 0.5) is 5.69 Å². The topological polar surface area (TPSA) is 77.9 Å². The molecule has 0 amide bonds. The van der Waals surface area contributed by atoms with Crippen LogP contribution in [-0.2, 0) is 6.54 Å². The molecule has 0 radical (unpaired) electrons. The number of nitrogen functional groups attached to an aromatic ring is 1. The van der Waals surface area contributed by atoms with Crippen molar-refractivity contribution in [3.8, 4) is 0 Å². The molecule has 2 aromatic heterocycles. The number of hydrogen-bond donors (Lipinski definition) is 2. The van der Waals surface area contributed by atoms with Crippen LogP contribution in [0.15, 0.2) is 35.5 Å². The van der Waals surface area contributed by atoms with Gasteiger partial charge in [-0.2, -0.15) is 0 Å². The van der Waals surface area contributed by atoms with E-state index in [-0.39, 0.29) is 11.7 Å². The Labute approximate surface area is 105 Å². The molecule has 2 aromatic rings. The maximum Gasteiger partial charge on any atom is 0.328 e. The molecule has 0 atom stereocenters. The van der Waals surface area contributed by atoms with Crippen LogP contribution in [0, 0.1) is 0 Å². The molecule has 0 saturated carbocycles. The summed E-state index contributed by atoms with van der Waals surface area (Å²) >= 11 is 0. The van der Waals surface area contributed by atoms with Gasteiger partial charge in [0.15, 0.2) is 0 Å².